The maximum atomic E-state index is 11.7. The lowest BCUT2D eigenvalue weighted by Crippen LogP contribution is -2.11. The highest BCUT2D eigenvalue weighted by Gasteiger charge is 2.07. The van der Waals surface area contributed by atoms with Gasteiger partial charge in [-0.05, 0) is 43.5 Å². The van der Waals surface area contributed by atoms with Crippen LogP contribution in [-0.4, -0.2) is 23.8 Å². The van der Waals surface area contributed by atoms with E-state index in [1.54, 1.807) is 24.3 Å². The average molecular weight is 356 g/mol. The van der Waals surface area contributed by atoms with Crippen LogP contribution in [0.4, 0.5) is 5.69 Å². The fraction of sp³-hybridized carbons (Fsp3) is 0.500. The van der Waals surface area contributed by atoms with Crippen LogP contribution in [0.1, 0.15) is 49.4 Å². The fourth-order valence-electron chi connectivity index (χ4n) is 1.69. The fourth-order valence-corrected chi connectivity index (χ4v) is 2.08. The first-order valence-electron chi connectivity index (χ1n) is 7.30. The summed E-state index contributed by atoms with van der Waals surface area (Å²) in [6, 6.07) is 6.78. The maximum Gasteiger partial charge on any atom is 0.338 e. The number of hydrogen-bond acceptors (Lipinski definition) is 3. The molecule has 0 heterocycles. The van der Waals surface area contributed by atoms with Crippen LogP contribution in [0.2, 0.25) is 0 Å². The van der Waals surface area contributed by atoms with Crippen molar-refractivity contribution in [1.82, 2.24) is 0 Å². The van der Waals surface area contributed by atoms with E-state index in [0.29, 0.717) is 24.3 Å². The zero-order valence-electron chi connectivity index (χ0n) is 12.4. The summed E-state index contributed by atoms with van der Waals surface area (Å²) in [7, 11) is 0. The van der Waals surface area contributed by atoms with E-state index < -0.39 is 0 Å². The van der Waals surface area contributed by atoms with Crippen molar-refractivity contribution in [3.8, 4) is 0 Å². The van der Waals surface area contributed by atoms with Gasteiger partial charge in [0.25, 0.3) is 0 Å². The van der Waals surface area contributed by atoms with E-state index >= 15 is 0 Å². The molecular formula is C16H22BrNO3. The third-order valence-corrected chi connectivity index (χ3v) is 3.48. The summed E-state index contributed by atoms with van der Waals surface area (Å²) in [5, 5.41) is 3.72. The highest BCUT2D eigenvalue weighted by atomic mass is 79.9. The van der Waals surface area contributed by atoms with Crippen LogP contribution in [0, 0.1) is 0 Å². The lowest BCUT2D eigenvalue weighted by Gasteiger charge is -2.07. The molecule has 1 aromatic rings. The van der Waals surface area contributed by atoms with Gasteiger partial charge in [0.05, 0.1) is 12.2 Å². The van der Waals surface area contributed by atoms with Crippen LogP contribution in [0.3, 0.4) is 0 Å². The molecule has 1 aromatic carbocycles. The monoisotopic (exact) mass is 355 g/mol. The number of anilines is 1. The van der Waals surface area contributed by atoms with E-state index in [9.17, 15) is 9.59 Å². The van der Waals surface area contributed by atoms with Crippen molar-refractivity contribution in [3.63, 3.8) is 0 Å². The standard InChI is InChI=1S/C16H22BrNO3/c1-2-3-12-21-16(20)13-7-9-14(10-8-13)18-15(19)6-4-5-11-17/h7-10H,2-6,11-12H2,1H3,(H,18,19). The Bertz CT molecular complexity index is 445. The first kappa shape index (κ1) is 17.7. The Kier molecular flexibility index (Phi) is 8.74. The summed E-state index contributed by atoms with van der Waals surface area (Å²) in [4.78, 5) is 23.4. The first-order chi connectivity index (χ1) is 10.2. The van der Waals surface area contributed by atoms with Crippen LogP contribution >= 0.6 is 15.9 Å². The zero-order valence-corrected chi connectivity index (χ0v) is 13.9. The van der Waals surface area contributed by atoms with Gasteiger partial charge in [0.15, 0.2) is 0 Å². The van der Waals surface area contributed by atoms with Crippen LogP contribution in [0.5, 0.6) is 0 Å². The summed E-state index contributed by atoms with van der Waals surface area (Å²) in [6.45, 7) is 2.49. The van der Waals surface area contributed by atoms with E-state index in [2.05, 4.69) is 21.2 Å². The molecule has 0 bridgehead atoms. The number of benzene rings is 1. The molecule has 0 aliphatic carbocycles. The van der Waals surface area contributed by atoms with Gasteiger partial charge in [-0.2, -0.15) is 0 Å². The molecule has 0 unspecified atom stereocenters. The second-order valence-electron chi connectivity index (χ2n) is 4.76. The van der Waals surface area contributed by atoms with Gasteiger partial charge in [0, 0.05) is 17.4 Å². The molecule has 0 spiro atoms. The number of amides is 1. The van der Waals surface area contributed by atoms with Gasteiger partial charge in [-0.15, -0.1) is 0 Å². The van der Waals surface area contributed by atoms with Crippen LogP contribution < -0.4 is 5.32 Å². The molecule has 1 amide bonds. The number of hydrogen-bond donors (Lipinski definition) is 1. The first-order valence-corrected chi connectivity index (χ1v) is 8.42. The number of carbonyl (C=O) groups excluding carboxylic acids is 2. The largest absolute Gasteiger partial charge is 0.462 e. The van der Waals surface area contributed by atoms with E-state index in [-0.39, 0.29) is 11.9 Å². The predicted octanol–water partition coefficient (Wildman–Crippen LogP) is 4.15. The predicted molar refractivity (Wildman–Crippen MR) is 87.9 cm³/mol. The molecule has 1 rings (SSSR count). The van der Waals surface area contributed by atoms with Crippen molar-refractivity contribution in [3.05, 3.63) is 29.8 Å². The molecule has 0 aromatic heterocycles. The number of unbranched alkanes of at least 4 members (excludes halogenated alkanes) is 2. The SMILES string of the molecule is CCCCOC(=O)c1ccc(NC(=O)CCCCBr)cc1. The van der Waals surface area contributed by atoms with Crippen LogP contribution in [-0.2, 0) is 9.53 Å². The van der Waals surface area contributed by atoms with Gasteiger partial charge in [0.2, 0.25) is 5.91 Å². The Morgan fingerprint density at radius 1 is 1.14 bits per heavy atom. The Morgan fingerprint density at radius 2 is 1.86 bits per heavy atom. The van der Waals surface area contributed by atoms with E-state index in [1.165, 1.54) is 0 Å². The van der Waals surface area contributed by atoms with E-state index in [0.717, 1.165) is 31.0 Å². The number of ether oxygens (including phenoxy) is 1. The lowest BCUT2D eigenvalue weighted by atomic mass is 10.2. The minimum atomic E-state index is -0.321. The Labute approximate surface area is 134 Å². The molecule has 0 radical (unpaired) electrons. The van der Waals surface area contributed by atoms with Crippen molar-refractivity contribution in [2.75, 3.05) is 17.3 Å². The summed E-state index contributed by atoms with van der Waals surface area (Å²) in [5.74, 6) is -0.326. The minimum Gasteiger partial charge on any atom is -0.462 e. The number of rotatable bonds is 9. The molecule has 0 saturated carbocycles. The summed E-state index contributed by atoms with van der Waals surface area (Å²) >= 11 is 3.33. The summed E-state index contributed by atoms with van der Waals surface area (Å²) in [5.41, 5.74) is 1.20. The zero-order chi connectivity index (χ0) is 15.5. The van der Waals surface area contributed by atoms with E-state index in [1.807, 2.05) is 6.92 Å². The lowest BCUT2D eigenvalue weighted by molar-refractivity contribution is -0.116. The third kappa shape index (κ3) is 7.27. The molecule has 0 aliphatic rings. The smallest absolute Gasteiger partial charge is 0.338 e. The van der Waals surface area contributed by atoms with Gasteiger partial charge >= 0.3 is 5.97 Å². The van der Waals surface area contributed by atoms with Crippen molar-refractivity contribution in [2.24, 2.45) is 0 Å². The summed E-state index contributed by atoms with van der Waals surface area (Å²) in [6.07, 6.45) is 4.21. The normalized spacial score (nSPS) is 10.2. The molecular weight excluding hydrogens is 334 g/mol. The van der Waals surface area contributed by atoms with Gasteiger partial charge in [-0.1, -0.05) is 29.3 Å². The van der Waals surface area contributed by atoms with Gasteiger partial charge < -0.3 is 10.1 Å². The van der Waals surface area contributed by atoms with Gasteiger partial charge in [0.1, 0.15) is 0 Å². The number of halogens is 1. The Balaban J connectivity index is 2.42. The van der Waals surface area contributed by atoms with Crippen molar-refractivity contribution < 1.29 is 14.3 Å². The number of esters is 1. The summed E-state index contributed by atoms with van der Waals surface area (Å²) < 4.78 is 5.12. The minimum absolute atomic E-state index is 0.00535. The molecule has 4 nitrogen and oxygen atoms in total. The van der Waals surface area contributed by atoms with Gasteiger partial charge in [-0.3, -0.25) is 4.79 Å². The maximum absolute atomic E-state index is 11.7. The number of carbonyl (C=O) groups is 2. The molecule has 5 heteroatoms. The second-order valence-corrected chi connectivity index (χ2v) is 5.55. The average Bonchev–Trinajstić information content (AvgIpc) is 2.48. The topological polar surface area (TPSA) is 55.4 Å². The molecule has 1 N–H and O–H groups in total. The van der Waals surface area contributed by atoms with Crippen molar-refractivity contribution in [2.45, 2.75) is 39.0 Å². The molecule has 0 atom stereocenters. The quantitative estimate of drug-likeness (QED) is 0.411. The van der Waals surface area contributed by atoms with Crippen molar-refractivity contribution in [1.29, 1.82) is 0 Å². The number of alkyl halides is 1. The van der Waals surface area contributed by atoms with Gasteiger partial charge in [-0.25, -0.2) is 4.79 Å². The van der Waals surface area contributed by atoms with Crippen molar-refractivity contribution >= 4 is 33.5 Å². The Morgan fingerprint density at radius 3 is 2.48 bits per heavy atom. The highest BCUT2D eigenvalue weighted by molar-refractivity contribution is 9.09. The molecule has 21 heavy (non-hydrogen) atoms. The highest BCUT2D eigenvalue weighted by Crippen LogP contribution is 2.12. The molecule has 0 saturated heterocycles. The molecule has 0 fully saturated rings. The third-order valence-electron chi connectivity index (χ3n) is 2.92. The van der Waals surface area contributed by atoms with Crippen LogP contribution in [0.25, 0.3) is 0 Å². The molecule has 116 valence electrons. The van der Waals surface area contributed by atoms with Crippen LogP contribution in [0.15, 0.2) is 24.3 Å². The second kappa shape index (κ2) is 10.4. The van der Waals surface area contributed by atoms with E-state index in [4.69, 9.17) is 4.74 Å². The Hall–Kier alpha value is -1.36. The number of nitrogens with one attached hydrogen (secondary N) is 1. The molecule has 0 aliphatic heterocycles.